The van der Waals surface area contributed by atoms with E-state index in [2.05, 4.69) is 10.6 Å². The maximum absolute atomic E-state index is 11.9. The Hall–Kier alpha value is -2.72. The molecule has 1 heterocycles. The van der Waals surface area contributed by atoms with E-state index in [0.29, 0.717) is 31.4 Å². The smallest absolute Gasteiger partial charge is 0.407 e. The van der Waals surface area contributed by atoms with Crippen LogP contribution in [-0.2, 0) is 20.9 Å². The van der Waals surface area contributed by atoms with Crippen molar-refractivity contribution < 1.29 is 29.1 Å². The second kappa shape index (κ2) is 10.6. The molecule has 28 heavy (non-hydrogen) atoms. The number of nitrogens with zero attached hydrogens (tertiary/aromatic N) is 1. The lowest BCUT2D eigenvalue weighted by Crippen LogP contribution is -2.36. The fourth-order valence-corrected chi connectivity index (χ4v) is 2.95. The summed E-state index contributed by atoms with van der Waals surface area (Å²) in [5.41, 5.74) is 0.574. The quantitative estimate of drug-likeness (QED) is 0.322. The lowest BCUT2D eigenvalue weighted by molar-refractivity contribution is -0.384. The van der Waals surface area contributed by atoms with Gasteiger partial charge in [-0.05, 0) is 37.0 Å². The van der Waals surface area contributed by atoms with Gasteiger partial charge in [-0.1, -0.05) is 0 Å². The molecule has 0 radical (unpaired) electrons. The molecule has 1 aliphatic heterocycles. The molecule has 0 spiro atoms. The molecule has 1 aliphatic rings. The number of β-amino-alcohol motifs (C(OH)–C–C–N with tert-alkyl or cyclic N) is 1. The largest absolute Gasteiger partial charge is 0.461 e. The van der Waals surface area contributed by atoms with Crippen LogP contribution in [-0.4, -0.2) is 53.4 Å². The average Bonchev–Trinajstić information content (AvgIpc) is 3.07. The summed E-state index contributed by atoms with van der Waals surface area (Å²) < 4.78 is 10.3. The monoisotopic (exact) mass is 395 g/mol. The Morgan fingerprint density at radius 1 is 1.39 bits per heavy atom. The zero-order chi connectivity index (χ0) is 20.5. The predicted molar refractivity (Wildman–Crippen MR) is 98.5 cm³/mol. The van der Waals surface area contributed by atoms with Gasteiger partial charge in [-0.2, -0.15) is 0 Å². The highest BCUT2D eigenvalue weighted by molar-refractivity contribution is 5.68. The molecule has 1 aromatic carbocycles. The predicted octanol–water partition coefficient (Wildman–Crippen LogP) is 1.26. The first kappa shape index (κ1) is 21.6. The molecule has 2 rings (SSSR count). The van der Waals surface area contributed by atoms with Crippen molar-refractivity contribution in [3.63, 3.8) is 0 Å². The van der Waals surface area contributed by atoms with Gasteiger partial charge in [-0.25, -0.2) is 4.79 Å². The summed E-state index contributed by atoms with van der Waals surface area (Å²) in [4.78, 5) is 33.2. The minimum absolute atomic E-state index is 0.0358. The summed E-state index contributed by atoms with van der Waals surface area (Å²) in [5, 5.41) is 25.9. The van der Waals surface area contributed by atoms with E-state index in [1.807, 2.05) is 0 Å². The Kier molecular flexibility index (Phi) is 8.15. The van der Waals surface area contributed by atoms with Gasteiger partial charge >= 0.3 is 12.1 Å². The number of non-ortho nitro benzene ring substituents is 1. The maximum atomic E-state index is 11.9. The zero-order valence-electron chi connectivity index (χ0n) is 15.6. The Balaban J connectivity index is 1.73. The number of nitro benzene ring substituents is 1. The van der Waals surface area contributed by atoms with Crippen molar-refractivity contribution in [2.24, 2.45) is 0 Å². The topological polar surface area (TPSA) is 140 Å². The standard InChI is InChI=1S/C18H25N3O7/c1-12(22)28-17(7-4-14-8-16(23)9-19-14)10-20-18(24)27-11-13-2-5-15(6-3-13)21(25)26/h2-3,5-6,14,16-17,19,23H,4,7-11H2,1H3,(H,20,24)/t14-,16-,17?/m1/s1. The number of alkyl carbamates (subject to hydrolysis) is 1. The number of ether oxygens (including phenoxy) is 2. The minimum atomic E-state index is -0.676. The number of hydrogen-bond donors (Lipinski definition) is 3. The molecule has 10 heteroatoms. The van der Waals surface area contributed by atoms with Gasteiger partial charge in [0.05, 0.1) is 17.6 Å². The van der Waals surface area contributed by atoms with Crippen molar-refractivity contribution in [3.05, 3.63) is 39.9 Å². The molecule has 1 saturated heterocycles. The van der Waals surface area contributed by atoms with E-state index in [-0.39, 0.29) is 31.0 Å². The third kappa shape index (κ3) is 7.49. The van der Waals surface area contributed by atoms with Crippen molar-refractivity contribution in [2.45, 2.75) is 51.0 Å². The number of rotatable bonds is 9. The number of aliphatic hydroxyl groups is 1. The third-order valence-electron chi connectivity index (χ3n) is 4.36. The van der Waals surface area contributed by atoms with Crippen molar-refractivity contribution in [1.82, 2.24) is 10.6 Å². The van der Waals surface area contributed by atoms with Gasteiger partial charge in [0, 0.05) is 31.6 Å². The van der Waals surface area contributed by atoms with Crippen LogP contribution in [0.2, 0.25) is 0 Å². The Labute approximate surface area is 162 Å². The number of esters is 1. The van der Waals surface area contributed by atoms with Crippen LogP contribution in [0.25, 0.3) is 0 Å². The van der Waals surface area contributed by atoms with Crippen molar-refractivity contribution in [3.8, 4) is 0 Å². The molecule has 1 aromatic rings. The Morgan fingerprint density at radius 3 is 2.68 bits per heavy atom. The maximum Gasteiger partial charge on any atom is 0.407 e. The summed E-state index contributed by atoms with van der Waals surface area (Å²) >= 11 is 0. The van der Waals surface area contributed by atoms with E-state index in [9.17, 15) is 24.8 Å². The number of carbonyl (C=O) groups is 2. The van der Waals surface area contributed by atoms with E-state index in [0.717, 1.165) is 0 Å². The molecule has 3 N–H and O–H groups in total. The molecule has 0 aromatic heterocycles. The minimum Gasteiger partial charge on any atom is -0.461 e. The molecule has 0 bridgehead atoms. The first-order chi connectivity index (χ1) is 13.3. The highest BCUT2D eigenvalue weighted by Crippen LogP contribution is 2.15. The first-order valence-corrected chi connectivity index (χ1v) is 9.06. The van der Waals surface area contributed by atoms with Gasteiger partial charge in [0.15, 0.2) is 0 Å². The summed E-state index contributed by atoms with van der Waals surface area (Å²) in [6.07, 6.45) is 0.358. The second-order valence-electron chi connectivity index (χ2n) is 6.68. The third-order valence-corrected chi connectivity index (χ3v) is 4.36. The molecule has 3 atom stereocenters. The first-order valence-electron chi connectivity index (χ1n) is 9.06. The van der Waals surface area contributed by atoms with Gasteiger partial charge in [-0.3, -0.25) is 14.9 Å². The van der Waals surface area contributed by atoms with Crippen LogP contribution in [0.1, 0.15) is 31.7 Å². The van der Waals surface area contributed by atoms with Gasteiger partial charge in [-0.15, -0.1) is 0 Å². The summed E-state index contributed by atoms with van der Waals surface area (Å²) in [7, 11) is 0. The SMILES string of the molecule is CC(=O)OC(CC[C@@H]1C[C@@H](O)CN1)CNC(=O)OCc1ccc([N+](=O)[O-])cc1. The van der Waals surface area contributed by atoms with E-state index < -0.39 is 23.1 Å². The van der Waals surface area contributed by atoms with E-state index in [4.69, 9.17) is 9.47 Å². The van der Waals surface area contributed by atoms with Gasteiger partial charge in [0.1, 0.15) is 12.7 Å². The molecule has 1 unspecified atom stereocenters. The van der Waals surface area contributed by atoms with E-state index in [1.54, 1.807) is 0 Å². The molecular weight excluding hydrogens is 370 g/mol. The number of aliphatic hydroxyl groups excluding tert-OH is 1. The Morgan fingerprint density at radius 2 is 2.11 bits per heavy atom. The molecule has 154 valence electrons. The van der Waals surface area contributed by atoms with Crippen molar-refractivity contribution in [1.29, 1.82) is 0 Å². The molecule has 1 fully saturated rings. The molecule has 1 amide bonds. The zero-order valence-corrected chi connectivity index (χ0v) is 15.6. The lowest BCUT2D eigenvalue weighted by Gasteiger charge is -2.19. The van der Waals surface area contributed by atoms with Crippen LogP contribution in [0.4, 0.5) is 10.5 Å². The molecule has 0 aliphatic carbocycles. The van der Waals surface area contributed by atoms with Crippen molar-refractivity contribution in [2.75, 3.05) is 13.1 Å². The lowest BCUT2D eigenvalue weighted by atomic mass is 10.1. The molecule has 10 nitrogen and oxygen atoms in total. The number of carbonyl (C=O) groups excluding carboxylic acids is 2. The number of hydrogen-bond acceptors (Lipinski definition) is 8. The molecule has 0 saturated carbocycles. The highest BCUT2D eigenvalue weighted by Gasteiger charge is 2.24. The highest BCUT2D eigenvalue weighted by atomic mass is 16.6. The van der Waals surface area contributed by atoms with E-state index in [1.165, 1.54) is 31.2 Å². The summed E-state index contributed by atoms with van der Waals surface area (Å²) in [5.74, 6) is -0.439. The van der Waals surface area contributed by atoms with Crippen LogP contribution < -0.4 is 10.6 Å². The Bertz CT molecular complexity index is 680. The normalized spacial score (nSPS) is 19.6. The van der Waals surface area contributed by atoms with Gasteiger partial charge in [0.25, 0.3) is 5.69 Å². The molecular formula is C18H25N3O7. The van der Waals surface area contributed by atoms with Crippen LogP contribution in [0.15, 0.2) is 24.3 Å². The van der Waals surface area contributed by atoms with E-state index >= 15 is 0 Å². The van der Waals surface area contributed by atoms with Crippen LogP contribution in [0.5, 0.6) is 0 Å². The van der Waals surface area contributed by atoms with Crippen LogP contribution in [0, 0.1) is 10.1 Å². The van der Waals surface area contributed by atoms with Gasteiger partial charge in [0.2, 0.25) is 0 Å². The fraction of sp³-hybridized carbons (Fsp3) is 0.556. The number of benzene rings is 1. The van der Waals surface area contributed by atoms with Crippen LogP contribution in [0.3, 0.4) is 0 Å². The number of nitro groups is 1. The summed E-state index contributed by atoms with van der Waals surface area (Å²) in [6, 6.07) is 5.84. The number of nitrogens with one attached hydrogen (secondary N) is 2. The second-order valence-corrected chi connectivity index (χ2v) is 6.68. The van der Waals surface area contributed by atoms with Crippen LogP contribution >= 0.6 is 0 Å². The van der Waals surface area contributed by atoms with Crippen molar-refractivity contribution >= 4 is 17.7 Å². The number of amides is 1. The van der Waals surface area contributed by atoms with Gasteiger partial charge < -0.3 is 25.2 Å². The average molecular weight is 395 g/mol. The fourth-order valence-electron chi connectivity index (χ4n) is 2.95. The summed E-state index contributed by atoms with van der Waals surface area (Å²) in [6.45, 7) is 1.92.